The molecule has 0 aromatic carbocycles. The zero-order valence-electron chi connectivity index (χ0n) is 17.8. The second-order valence-electron chi connectivity index (χ2n) is 8.37. The van der Waals surface area contributed by atoms with E-state index < -0.39 is 37.0 Å². The molecule has 0 aliphatic carbocycles. The van der Waals surface area contributed by atoms with Gasteiger partial charge >= 0.3 is 12.4 Å². The molecule has 14 heteroatoms. The van der Waals surface area contributed by atoms with E-state index in [1.54, 1.807) is 4.90 Å². The van der Waals surface area contributed by atoms with E-state index in [4.69, 9.17) is 0 Å². The fourth-order valence-electron chi connectivity index (χ4n) is 4.55. The number of piperidine rings is 1. The Morgan fingerprint density at radius 2 is 1.82 bits per heavy atom. The number of alkyl halides is 6. The minimum atomic E-state index is -4.66. The Labute approximate surface area is 190 Å². The summed E-state index contributed by atoms with van der Waals surface area (Å²) in [7, 11) is 0. The van der Waals surface area contributed by atoms with Gasteiger partial charge in [0.25, 0.3) is 0 Å². The highest BCUT2D eigenvalue weighted by Gasteiger charge is 2.48. The molecule has 2 aliphatic heterocycles. The van der Waals surface area contributed by atoms with Crippen molar-refractivity contribution in [2.75, 3.05) is 29.9 Å². The molecule has 1 amide bonds. The fourth-order valence-corrected chi connectivity index (χ4v) is 4.55. The van der Waals surface area contributed by atoms with Crippen molar-refractivity contribution in [1.82, 2.24) is 19.5 Å². The van der Waals surface area contributed by atoms with Gasteiger partial charge in [-0.3, -0.25) is 4.79 Å². The van der Waals surface area contributed by atoms with Crippen LogP contribution in [0, 0.1) is 0 Å². The summed E-state index contributed by atoms with van der Waals surface area (Å²) in [6, 6.07) is 0. The quantitative estimate of drug-likeness (QED) is 0.623. The molecular weight excluding hydrogens is 470 g/mol. The third-order valence-electron chi connectivity index (χ3n) is 5.99. The maximum absolute atomic E-state index is 13.7. The third-order valence-corrected chi connectivity index (χ3v) is 5.99. The van der Waals surface area contributed by atoms with Crippen molar-refractivity contribution in [3.8, 4) is 0 Å². The van der Waals surface area contributed by atoms with Crippen LogP contribution in [0.15, 0.2) is 12.5 Å². The Hall–Kier alpha value is -2.90. The number of carbonyl (C=O) groups is 1. The highest BCUT2D eigenvalue weighted by molar-refractivity contribution is 5.94. The molecule has 0 spiro atoms. The van der Waals surface area contributed by atoms with Crippen molar-refractivity contribution in [3.05, 3.63) is 29.6 Å². The van der Waals surface area contributed by atoms with Gasteiger partial charge in [-0.2, -0.15) is 26.3 Å². The lowest BCUT2D eigenvalue weighted by atomic mass is 9.90. The van der Waals surface area contributed by atoms with Gasteiger partial charge < -0.3 is 19.9 Å². The normalized spacial score (nSPS) is 19.8. The Kier molecular flexibility index (Phi) is 6.44. The van der Waals surface area contributed by atoms with Gasteiger partial charge in [0.05, 0.1) is 30.2 Å². The number of aromatic nitrogens is 4. The molecule has 1 saturated heterocycles. The van der Waals surface area contributed by atoms with Crippen molar-refractivity contribution in [1.29, 1.82) is 0 Å². The van der Waals surface area contributed by atoms with E-state index in [2.05, 4.69) is 20.3 Å². The largest absolute Gasteiger partial charge is 0.396 e. The van der Waals surface area contributed by atoms with Crippen LogP contribution < -0.4 is 10.2 Å². The number of anilines is 2. The average Bonchev–Trinajstić information content (AvgIpc) is 3.12. The smallest absolute Gasteiger partial charge is 0.395 e. The van der Waals surface area contributed by atoms with Crippen molar-refractivity contribution in [2.24, 2.45) is 0 Å². The molecule has 1 atom stereocenters. The van der Waals surface area contributed by atoms with Crippen molar-refractivity contribution < 1.29 is 36.2 Å². The van der Waals surface area contributed by atoms with E-state index in [0.717, 1.165) is 6.33 Å². The van der Waals surface area contributed by atoms with Crippen molar-refractivity contribution in [3.63, 3.8) is 0 Å². The number of aliphatic hydroxyl groups is 1. The standard InChI is InChI=1S/C20H22F6N6O2/c21-19(22,23)8-12-9-32(5-6-33)17(29-12)11-1-3-31(4-2-11)18-15-13(20(24,25)26)7-14(34)30-16(15)27-10-28-18/h9-11,13,33H,1-8H2,(H,27,28,30,34)/t13-/m1/s1. The zero-order valence-corrected chi connectivity index (χ0v) is 17.8. The first kappa shape index (κ1) is 24.2. The summed E-state index contributed by atoms with van der Waals surface area (Å²) >= 11 is 0. The van der Waals surface area contributed by atoms with E-state index >= 15 is 0 Å². The van der Waals surface area contributed by atoms with Crippen molar-refractivity contribution in [2.45, 2.75) is 56.4 Å². The summed E-state index contributed by atoms with van der Waals surface area (Å²) in [6.07, 6.45) is -7.82. The van der Waals surface area contributed by atoms with E-state index in [1.807, 2.05) is 0 Å². The zero-order chi connectivity index (χ0) is 24.7. The Morgan fingerprint density at radius 3 is 2.44 bits per heavy atom. The van der Waals surface area contributed by atoms with Gasteiger partial charge in [-0.05, 0) is 12.8 Å². The molecule has 0 radical (unpaired) electrons. The first-order valence-electron chi connectivity index (χ1n) is 10.7. The van der Waals surface area contributed by atoms with E-state index in [-0.39, 0.29) is 55.1 Å². The summed E-state index contributed by atoms with van der Waals surface area (Å²) < 4.78 is 81.0. The van der Waals surface area contributed by atoms with Crippen LogP contribution >= 0.6 is 0 Å². The Morgan fingerprint density at radius 1 is 1.12 bits per heavy atom. The molecule has 2 aromatic heterocycles. The highest BCUT2D eigenvalue weighted by atomic mass is 19.4. The number of hydrogen-bond acceptors (Lipinski definition) is 6. The first-order chi connectivity index (χ1) is 16.0. The van der Waals surface area contributed by atoms with Crippen LogP contribution in [0.2, 0.25) is 0 Å². The summed E-state index contributed by atoms with van der Waals surface area (Å²) in [5.41, 5.74) is -0.325. The predicted molar refractivity (Wildman–Crippen MR) is 107 cm³/mol. The number of fused-ring (bicyclic) bond motifs is 1. The number of nitrogens with zero attached hydrogens (tertiary/aromatic N) is 5. The van der Waals surface area contributed by atoms with Gasteiger partial charge in [0.1, 0.15) is 23.8 Å². The minimum absolute atomic E-state index is 0.0854. The summed E-state index contributed by atoms with van der Waals surface area (Å²) in [6.45, 7) is 0.387. The molecule has 1 fully saturated rings. The molecular formula is C20H22F6N6O2. The first-order valence-corrected chi connectivity index (χ1v) is 10.7. The second kappa shape index (κ2) is 9.04. The highest BCUT2D eigenvalue weighted by Crippen LogP contribution is 2.46. The van der Waals surface area contributed by atoms with Crippen LogP contribution in [0.25, 0.3) is 0 Å². The number of halogens is 6. The molecule has 2 aromatic rings. The van der Waals surface area contributed by atoms with Crippen LogP contribution in [0.4, 0.5) is 38.0 Å². The van der Waals surface area contributed by atoms with E-state index in [0.29, 0.717) is 18.7 Å². The monoisotopic (exact) mass is 492 g/mol. The lowest BCUT2D eigenvalue weighted by molar-refractivity contribution is -0.156. The lowest BCUT2D eigenvalue weighted by Crippen LogP contribution is -2.38. The van der Waals surface area contributed by atoms with Crippen LogP contribution in [0.5, 0.6) is 0 Å². The van der Waals surface area contributed by atoms with Gasteiger partial charge in [-0.1, -0.05) is 0 Å². The molecule has 186 valence electrons. The molecule has 0 unspecified atom stereocenters. The van der Waals surface area contributed by atoms with Gasteiger partial charge in [-0.15, -0.1) is 0 Å². The molecule has 0 saturated carbocycles. The van der Waals surface area contributed by atoms with Gasteiger partial charge in [0, 0.05) is 38.2 Å². The molecule has 34 heavy (non-hydrogen) atoms. The molecule has 8 nitrogen and oxygen atoms in total. The number of nitrogens with one attached hydrogen (secondary N) is 1. The maximum Gasteiger partial charge on any atom is 0.396 e. The number of aliphatic hydroxyl groups excluding tert-OH is 1. The fraction of sp³-hybridized carbons (Fsp3) is 0.600. The second-order valence-corrected chi connectivity index (χ2v) is 8.37. The number of hydrogen-bond donors (Lipinski definition) is 2. The van der Waals surface area contributed by atoms with Crippen LogP contribution in [-0.4, -0.2) is 62.6 Å². The van der Waals surface area contributed by atoms with Gasteiger partial charge in [0.2, 0.25) is 5.91 Å². The van der Waals surface area contributed by atoms with Gasteiger partial charge in [0.15, 0.2) is 0 Å². The molecule has 4 heterocycles. The van der Waals surface area contributed by atoms with Gasteiger partial charge in [-0.25, -0.2) is 15.0 Å². The number of amides is 1. The van der Waals surface area contributed by atoms with E-state index in [9.17, 15) is 36.2 Å². The summed E-state index contributed by atoms with van der Waals surface area (Å²) in [5.74, 6) is -2.70. The molecule has 2 N–H and O–H groups in total. The Bertz CT molecular complexity index is 1050. The topological polar surface area (TPSA) is 96.2 Å². The van der Waals surface area contributed by atoms with Crippen LogP contribution in [-0.2, 0) is 17.8 Å². The maximum atomic E-state index is 13.7. The third kappa shape index (κ3) is 5.10. The average molecular weight is 492 g/mol. The number of imidazole rings is 1. The van der Waals surface area contributed by atoms with Crippen LogP contribution in [0.1, 0.15) is 48.2 Å². The summed E-state index contributed by atoms with van der Waals surface area (Å²) in [5, 5.41) is 11.7. The molecule has 0 bridgehead atoms. The number of rotatable bonds is 5. The minimum Gasteiger partial charge on any atom is -0.395 e. The summed E-state index contributed by atoms with van der Waals surface area (Å²) in [4.78, 5) is 25.5. The SMILES string of the molecule is O=C1C[C@@H](C(F)(F)F)c2c(ncnc2N2CCC(c3nc(CC(F)(F)F)cn3CCO)CC2)N1. The Balaban J connectivity index is 1.56. The molecule has 4 rings (SSSR count). The predicted octanol–water partition coefficient (Wildman–Crippen LogP) is 3.14. The van der Waals surface area contributed by atoms with Crippen LogP contribution in [0.3, 0.4) is 0 Å². The van der Waals surface area contributed by atoms with Crippen molar-refractivity contribution >= 4 is 17.5 Å². The van der Waals surface area contributed by atoms with E-state index in [1.165, 1.54) is 10.8 Å². The molecule has 2 aliphatic rings. The number of carbonyl (C=O) groups excluding carboxylic acids is 1. The lowest BCUT2D eigenvalue weighted by Gasteiger charge is -2.36.